The second-order valence-electron chi connectivity index (χ2n) is 15.9. The monoisotopic (exact) mass is 942 g/mol. The van der Waals surface area contributed by atoms with Gasteiger partial charge in [-0.05, 0) is 110 Å². The normalized spacial score (nSPS) is 20.4. The molecule has 2 heterocycles. The molecule has 8 rings (SSSR count). The Morgan fingerprint density at radius 1 is 0.635 bits per heavy atom. The van der Waals surface area contributed by atoms with Gasteiger partial charge < -0.3 is 29.1 Å². The number of morpholine rings is 2. The highest BCUT2D eigenvalue weighted by molar-refractivity contribution is 6.30. The lowest BCUT2D eigenvalue weighted by Gasteiger charge is -2.45. The maximum atomic E-state index is 13.4. The van der Waals surface area contributed by atoms with Crippen molar-refractivity contribution < 1.29 is 55.2 Å². The van der Waals surface area contributed by atoms with Crippen LogP contribution < -0.4 is 4.74 Å². The smallest absolute Gasteiger partial charge is 0.416 e. The molecule has 340 valence electrons. The van der Waals surface area contributed by atoms with E-state index in [1.807, 2.05) is 58.3 Å². The van der Waals surface area contributed by atoms with Gasteiger partial charge in [-0.3, -0.25) is 9.59 Å². The van der Waals surface area contributed by atoms with Crippen molar-refractivity contribution in [2.75, 3.05) is 51.9 Å². The van der Waals surface area contributed by atoms with E-state index >= 15 is 0 Å². The molecule has 0 aromatic heterocycles. The third-order valence-electron chi connectivity index (χ3n) is 11.9. The summed E-state index contributed by atoms with van der Waals surface area (Å²) < 4.78 is 90.5. The van der Waals surface area contributed by atoms with Crippen LogP contribution in [0.15, 0.2) is 97.1 Å². The van der Waals surface area contributed by atoms with Crippen LogP contribution in [-0.2, 0) is 42.2 Å². The molecule has 2 unspecified atom stereocenters. The Labute approximate surface area is 377 Å². The topological polar surface area (TPSA) is 88.5 Å². The maximum absolute atomic E-state index is 13.4. The predicted molar refractivity (Wildman–Crippen MR) is 227 cm³/mol. The molecule has 1 N–H and O–H groups in total. The first kappa shape index (κ1) is 48.3. The number of phenolic OH excluding ortho intramolecular Hbond substituents is 1. The highest BCUT2D eigenvalue weighted by Crippen LogP contribution is 2.47. The number of benzene rings is 4. The lowest BCUT2D eigenvalue weighted by atomic mass is 9.63. The lowest BCUT2D eigenvalue weighted by Crippen LogP contribution is -2.56. The molecule has 4 aromatic rings. The molecule has 17 heteroatoms. The van der Waals surface area contributed by atoms with Gasteiger partial charge in [0.1, 0.15) is 24.2 Å². The molecular formula is C46H47Cl3F6N2O6. The van der Waals surface area contributed by atoms with Crippen molar-refractivity contribution in [3.63, 3.8) is 0 Å². The van der Waals surface area contributed by atoms with Gasteiger partial charge in [-0.15, -0.1) is 11.6 Å². The van der Waals surface area contributed by atoms with Crippen molar-refractivity contribution in [2.24, 2.45) is 0 Å². The van der Waals surface area contributed by atoms with E-state index in [0.717, 1.165) is 86.1 Å². The molecule has 0 bridgehead atoms. The van der Waals surface area contributed by atoms with Crippen molar-refractivity contribution in [2.45, 2.75) is 73.9 Å². The third-order valence-corrected chi connectivity index (χ3v) is 12.7. The average molecular weight is 944 g/mol. The average Bonchev–Trinajstić information content (AvgIpc) is 3.23. The number of halogens is 9. The van der Waals surface area contributed by atoms with Gasteiger partial charge >= 0.3 is 12.4 Å². The standard InChI is InChI=1S/C23H23ClF3NO3.C16H19Cl2NO2.C7H5F3O/c24-18-6-2-16(3-7-18)22(10-1-11-22)21(29)28-12-13-30-20(14-28)15-31-19-8-4-17(5-9-19)23(25,26)27;17-10-14-11-19(8-9-21-14)15(20)16(6-1-7-16)12-2-4-13(18)5-3-12;8-7(9,10)5-1-3-6(11)4-2-5/h2-9,20H,1,10-15H2;2-5,14H,1,6-11H2;1-4,11H. The van der Waals surface area contributed by atoms with E-state index in [4.69, 9.17) is 54.1 Å². The highest BCUT2D eigenvalue weighted by Gasteiger charge is 2.49. The van der Waals surface area contributed by atoms with Gasteiger partial charge in [0.15, 0.2) is 0 Å². The molecule has 63 heavy (non-hydrogen) atoms. The minimum absolute atomic E-state index is 0.0493. The molecule has 4 aliphatic rings. The fourth-order valence-corrected chi connectivity index (χ4v) is 8.48. The number of carbonyl (C=O) groups is 2. The molecule has 0 radical (unpaired) electrons. The number of hydrogen-bond acceptors (Lipinski definition) is 6. The van der Waals surface area contributed by atoms with E-state index < -0.39 is 28.9 Å². The molecule has 0 spiro atoms. The molecule has 2 amide bonds. The first-order chi connectivity index (χ1) is 29.9. The van der Waals surface area contributed by atoms with Crippen molar-refractivity contribution in [3.8, 4) is 11.5 Å². The number of carbonyl (C=O) groups excluding carboxylic acids is 2. The van der Waals surface area contributed by atoms with E-state index in [1.54, 1.807) is 0 Å². The minimum atomic E-state index is -4.38. The number of aromatic hydroxyl groups is 1. The van der Waals surface area contributed by atoms with Crippen molar-refractivity contribution in [3.05, 3.63) is 129 Å². The van der Waals surface area contributed by atoms with E-state index in [2.05, 4.69) is 0 Å². The molecule has 2 saturated heterocycles. The van der Waals surface area contributed by atoms with Crippen molar-refractivity contribution in [1.82, 2.24) is 9.80 Å². The van der Waals surface area contributed by atoms with Crippen LogP contribution >= 0.6 is 34.8 Å². The van der Waals surface area contributed by atoms with Gasteiger partial charge in [-0.1, -0.05) is 60.3 Å². The fourth-order valence-electron chi connectivity index (χ4n) is 8.04. The molecule has 4 fully saturated rings. The molecule has 4 aromatic carbocycles. The third kappa shape index (κ3) is 11.9. The van der Waals surface area contributed by atoms with Gasteiger partial charge in [-0.25, -0.2) is 0 Å². The summed E-state index contributed by atoms with van der Waals surface area (Å²) >= 11 is 17.8. The quantitative estimate of drug-likeness (QED) is 0.140. The SMILES string of the molecule is O=C(N1CCOC(CCl)C1)C1(c2ccc(Cl)cc2)CCC1.O=C(N1CCOC(COc2ccc(C(F)(F)F)cc2)C1)C1(c2ccc(Cl)cc2)CCC1.Oc1ccc(C(F)(F)F)cc1. The minimum Gasteiger partial charge on any atom is -0.508 e. The summed E-state index contributed by atoms with van der Waals surface area (Å²) in [6.45, 7) is 3.26. The molecule has 2 aliphatic carbocycles. The van der Waals surface area contributed by atoms with E-state index in [9.17, 15) is 35.9 Å². The molecule has 2 atom stereocenters. The number of nitrogens with zero attached hydrogens (tertiary/aromatic N) is 2. The summed E-state index contributed by atoms with van der Waals surface area (Å²) in [7, 11) is 0. The van der Waals surface area contributed by atoms with Gasteiger partial charge in [0, 0.05) is 29.7 Å². The lowest BCUT2D eigenvalue weighted by molar-refractivity contribution is -0.149. The Kier molecular flexibility index (Phi) is 15.9. The molecular weight excluding hydrogens is 897 g/mol. The van der Waals surface area contributed by atoms with Crippen molar-refractivity contribution >= 4 is 46.6 Å². The first-order valence-corrected chi connectivity index (χ1v) is 21.8. The van der Waals surface area contributed by atoms with E-state index in [0.29, 0.717) is 61.1 Å². The Hall–Kier alpha value is -4.21. The van der Waals surface area contributed by atoms with E-state index in [-0.39, 0.29) is 41.8 Å². The molecule has 2 aliphatic heterocycles. The number of hydrogen-bond donors (Lipinski definition) is 1. The number of amides is 2. The zero-order chi connectivity index (χ0) is 45.4. The summed E-state index contributed by atoms with van der Waals surface area (Å²) in [5, 5.41) is 9.99. The predicted octanol–water partition coefficient (Wildman–Crippen LogP) is 10.7. The maximum Gasteiger partial charge on any atom is 0.416 e. The van der Waals surface area contributed by atoms with Crippen LogP contribution in [0.5, 0.6) is 11.5 Å². The van der Waals surface area contributed by atoms with Gasteiger partial charge in [0.05, 0.1) is 53.7 Å². The van der Waals surface area contributed by atoms with Gasteiger partial charge in [-0.2, -0.15) is 26.3 Å². The number of ether oxygens (including phenoxy) is 3. The van der Waals surface area contributed by atoms with Crippen LogP contribution in [0, 0.1) is 0 Å². The number of rotatable bonds is 8. The largest absolute Gasteiger partial charge is 0.508 e. The number of alkyl halides is 7. The van der Waals surface area contributed by atoms with Crippen LogP contribution in [0.3, 0.4) is 0 Å². The van der Waals surface area contributed by atoms with Crippen molar-refractivity contribution in [1.29, 1.82) is 0 Å². The Bertz CT molecular complexity index is 2120. The number of phenols is 1. The zero-order valence-corrected chi connectivity index (χ0v) is 36.3. The molecule has 8 nitrogen and oxygen atoms in total. The van der Waals surface area contributed by atoms with E-state index in [1.165, 1.54) is 12.1 Å². The summed E-state index contributed by atoms with van der Waals surface area (Å²) in [5.74, 6) is 0.894. The summed E-state index contributed by atoms with van der Waals surface area (Å²) in [5.41, 5.74) is -0.289. The van der Waals surface area contributed by atoms with Crippen LogP contribution in [0.1, 0.15) is 60.8 Å². The molecule has 2 saturated carbocycles. The Morgan fingerprint density at radius 2 is 1.03 bits per heavy atom. The van der Waals surface area contributed by atoms with Crippen LogP contribution in [0.4, 0.5) is 26.3 Å². The highest BCUT2D eigenvalue weighted by atomic mass is 35.5. The summed E-state index contributed by atoms with van der Waals surface area (Å²) in [4.78, 5) is 30.2. The Balaban J connectivity index is 0.000000177. The van der Waals surface area contributed by atoms with Crippen LogP contribution in [0.25, 0.3) is 0 Å². The van der Waals surface area contributed by atoms with Crippen LogP contribution in [0.2, 0.25) is 10.0 Å². The summed E-state index contributed by atoms with van der Waals surface area (Å²) in [6.07, 6.45) is -3.58. The second kappa shape index (κ2) is 20.7. The van der Waals surface area contributed by atoms with Gasteiger partial charge in [0.2, 0.25) is 11.8 Å². The van der Waals surface area contributed by atoms with Crippen LogP contribution in [-0.4, -0.2) is 90.8 Å². The summed E-state index contributed by atoms with van der Waals surface area (Å²) in [6, 6.07) is 23.4. The van der Waals surface area contributed by atoms with Gasteiger partial charge in [0.25, 0.3) is 0 Å². The first-order valence-electron chi connectivity index (χ1n) is 20.5. The fraction of sp³-hybridized carbons (Fsp3) is 0.435. The second-order valence-corrected chi connectivity index (χ2v) is 17.1. The Morgan fingerprint density at radius 3 is 1.41 bits per heavy atom. The zero-order valence-electron chi connectivity index (χ0n) is 34.1.